The monoisotopic (exact) mass is 492 g/mol. The number of carbonyl (C=O) groups excluding carboxylic acids is 3. The number of hydrogen-bond donors (Lipinski definition) is 1. The molecule has 1 aliphatic heterocycles. The number of anilines is 1. The maximum absolute atomic E-state index is 13.7. The minimum Gasteiger partial charge on any atom is -0.507 e. The van der Waals surface area contributed by atoms with E-state index in [2.05, 4.69) is 11.6 Å². The van der Waals surface area contributed by atoms with Gasteiger partial charge in [-0.25, -0.2) is 14.2 Å². The van der Waals surface area contributed by atoms with Gasteiger partial charge in [0, 0.05) is 5.56 Å². The number of nitrogens with zero attached hydrogens (tertiary/aromatic N) is 2. The lowest BCUT2D eigenvalue weighted by Gasteiger charge is -2.23. The fourth-order valence-electron chi connectivity index (χ4n) is 3.73. The second-order valence-corrected chi connectivity index (χ2v) is 8.86. The second kappa shape index (κ2) is 9.63. The molecule has 1 N–H and O–H groups in total. The van der Waals surface area contributed by atoms with Crippen LogP contribution in [0.1, 0.15) is 38.1 Å². The topological polar surface area (TPSA) is 96.8 Å². The van der Waals surface area contributed by atoms with Crippen molar-refractivity contribution < 1.29 is 28.6 Å². The Bertz CT molecular complexity index is 1360. The molecule has 1 aliphatic rings. The molecule has 0 saturated carbocycles. The molecule has 7 nitrogen and oxygen atoms in total. The van der Waals surface area contributed by atoms with Crippen LogP contribution in [0.2, 0.25) is 0 Å². The molecule has 1 atom stereocenters. The zero-order valence-corrected chi connectivity index (χ0v) is 19.8. The molecule has 35 heavy (non-hydrogen) atoms. The van der Waals surface area contributed by atoms with Gasteiger partial charge in [0.25, 0.3) is 5.78 Å². The summed E-state index contributed by atoms with van der Waals surface area (Å²) in [6.45, 7) is 6.97. The number of hydrogen-bond acceptors (Lipinski definition) is 7. The third kappa shape index (κ3) is 4.50. The Kier molecular flexibility index (Phi) is 6.61. The van der Waals surface area contributed by atoms with Gasteiger partial charge < -0.3 is 9.84 Å². The Morgan fingerprint density at radius 1 is 1.17 bits per heavy atom. The number of aliphatic hydroxyl groups is 1. The zero-order valence-electron chi connectivity index (χ0n) is 18.9. The molecule has 178 valence electrons. The number of ketones is 1. The number of Topliss-reactive ketones (excluding diaryl/α,β-unsaturated/α-hetero) is 1. The number of aryl methyl sites for hydroxylation is 2. The number of esters is 1. The first-order valence-corrected chi connectivity index (χ1v) is 11.4. The standard InChI is InChI=1S/C26H21FN2O5S/c1-4-13-34-25(33)23-15(3)28-26(35-23)29-20(16-9-11-18(27)12-10-16)19(22(31)24(29)32)21(30)17-7-5-14(2)6-8-17/h4-12,20,30H,1,13H2,2-3H3/b21-19+. The fourth-order valence-corrected chi connectivity index (χ4v) is 4.72. The molecule has 0 bridgehead atoms. The lowest BCUT2D eigenvalue weighted by Crippen LogP contribution is -2.29. The van der Waals surface area contributed by atoms with Gasteiger partial charge in [-0.15, -0.1) is 0 Å². The van der Waals surface area contributed by atoms with E-state index in [0.29, 0.717) is 16.8 Å². The molecule has 1 fully saturated rings. The van der Waals surface area contributed by atoms with Crippen LogP contribution in [0.3, 0.4) is 0 Å². The number of rotatable bonds is 6. The minimum absolute atomic E-state index is 0.00213. The molecule has 0 aliphatic carbocycles. The summed E-state index contributed by atoms with van der Waals surface area (Å²) in [5.41, 5.74) is 1.85. The maximum atomic E-state index is 13.7. The van der Waals surface area contributed by atoms with Crippen LogP contribution in [0.5, 0.6) is 0 Å². The van der Waals surface area contributed by atoms with Crippen molar-refractivity contribution in [2.45, 2.75) is 19.9 Å². The van der Waals surface area contributed by atoms with Crippen LogP contribution in [0.25, 0.3) is 5.76 Å². The second-order valence-electron chi connectivity index (χ2n) is 7.88. The lowest BCUT2D eigenvalue weighted by molar-refractivity contribution is -0.132. The number of carbonyl (C=O) groups is 3. The van der Waals surface area contributed by atoms with Gasteiger partial charge in [0.1, 0.15) is 23.1 Å². The van der Waals surface area contributed by atoms with Crippen molar-refractivity contribution in [2.75, 3.05) is 11.5 Å². The molecule has 9 heteroatoms. The van der Waals surface area contributed by atoms with Crippen LogP contribution >= 0.6 is 11.3 Å². The van der Waals surface area contributed by atoms with Gasteiger partial charge >= 0.3 is 11.9 Å². The first-order chi connectivity index (χ1) is 16.7. The van der Waals surface area contributed by atoms with Crippen LogP contribution in [0.15, 0.2) is 66.8 Å². The van der Waals surface area contributed by atoms with E-state index in [-0.39, 0.29) is 27.9 Å². The van der Waals surface area contributed by atoms with E-state index in [1.165, 1.54) is 30.3 Å². The Hall–Kier alpha value is -4.11. The molecule has 1 amide bonds. The highest BCUT2D eigenvalue weighted by Gasteiger charge is 2.48. The fraction of sp³-hybridized carbons (Fsp3) is 0.154. The first-order valence-electron chi connectivity index (χ1n) is 10.6. The van der Waals surface area contributed by atoms with Gasteiger partial charge in [-0.1, -0.05) is 66.0 Å². The third-order valence-corrected chi connectivity index (χ3v) is 6.60. The molecule has 1 aromatic heterocycles. The number of aliphatic hydroxyl groups excluding tert-OH is 1. The Morgan fingerprint density at radius 2 is 1.83 bits per heavy atom. The highest BCUT2D eigenvalue weighted by Crippen LogP contribution is 2.44. The van der Waals surface area contributed by atoms with Crippen molar-refractivity contribution >= 4 is 39.9 Å². The van der Waals surface area contributed by atoms with Crippen LogP contribution < -0.4 is 4.90 Å². The number of amides is 1. The largest absolute Gasteiger partial charge is 0.507 e. The summed E-state index contributed by atoms with van der Waals surface area (Å²) < 4.78 is 18.8. The maximum Gasteiger partial charge on any atom is 0.350 e. The molecular formula is C26H21FN2O5S. The first kappa shape index (κ1) is 24.0. The molecule has 4 rings (SSSR count). The molecule has 3 aromatic rings. The number of benzene rings is 2. The van der Waals surface area contributed by atoms with Crippen molar-refractivity contribution in [3.05, 3.63) is 99.8 Å². The SMILES string of the molecule is C=CCOC(=O)c1sc(N2C(=O)C(=O)/C(=C(/O)c3ccc(C)cc3)C2c2ccc(F)cc2)nc1C. The van der Waals surface area contributed by atoms with Crippen molar-refractivity contribution in [1.82, 2.24) is 4.98 Å². The third-order valence-electron chi connectivity index (χ3n) is 5.46. The quantitative estimate of drug-likeness (QED) is 0.173. The van der Waals surface area contributed by atoms with Crippen LogP contribution in [-0.2, 0) is 14.3 Å². The van der Waals surface area contributed by atoms with Crippen LogP contribution in [0.4, 0.5) is 9.52 Å². The molecule has 2 aromatic carbocycles. The number of ether oxygens (including phenoxy) is 1. The van der Waals surface area contributed by atoms with Gasteiger partial charge in [-0.3, -0.25) is 14.5 Å². The Labute approximate surface area is 204 Å². The zero-order chi connectivity index (χ0) is 25.3. The Balaban J connectivity index is 1.88. The summed E-state index contributed by atoms with van der Waals surface area (Å²) in [7, 11) is 0. The van der Waals surface area contributed by atoms with Crippen molar-refractivity contribution in [1.29, 1.82) is 0 Å². The van der Waals surface area contributed by atoms with E-state index >= 15 is 0 Å². The summed E-state index contributed by atoms with van der Waals surface area (Å²) in [6.07, 6.45) is 1.42. The molecule has 1 saturated heterocycles. The van der Waals surface area contributed by atoms with Crippen molar-refractivity contribution in [3.63, 3.8) is 0 Å². The Morgan fingerprint density at radius 3 is 2.46 bits per heavy atom. The predicted molar refractivity (Wildman–Crippen MR) is 130 cm³/mol. The van der Waals surface area contributed by atoms with Gasteiger partial charge in [0.2, 0.25) is 0 Å². The van der Waals surface area contributed by atoms with Gasteiger partial charge in [-0.2, -0.15) is 0 Å². The highest BCUT2D eigenvalue weighted by molar-refractivity contribution is 7.17. The van der Waals surface area contributed by atoms with E-state index in [0.717, 1.165) is 21.8 Å². The number of thiazole rings is 1. The normalized spacial score (nSPS) is 17.0. The average molecular weight is 493 g/mol. The van der Waals surface area contributed by atoms with Crippen LogP contribution in [-0.4, -0.2) is 34.4 Å². The predicted octanol–water partition coefficient (Wildman–Crippen LogP) is 4.87. The average Bonchev–Trinajstić information content (AvgIpc) is 3.35. The summed E-state index contributed by atoms with van der Waals surface area (Å²) in [4.78, 5) is 44.4. The van der Waals surface area contributed by atoms with Crippen molar-refractivity contribution in [2.24, 2.45) is 0 Å². The summed E-state index contributed by atoms with van der Waals surface area (Å²) in [5, 5.41) is 11.2. The lowest BCUT2D eigenvalue weighted by atomic mass is 9.95. The smallest absolute Gasteiger partial charge is 0.350 e. The van der Waals surface area contributed by atoms with Crippen molar-refractivity contribution in [3.8, 4) is 0 Å². The van der Waals surface area contributed by atoms with E-state index in [1.54, 1.807) is 31.2 Å². The van der Waals surface area contributed by atoms with Gasteiger partial charge in [0.15, 0.2) is 5.13 Å². The number of halogens is 1. The van der Waals surface area contributed by atoms with Gasteiger partial charge in [-0.05, 0) is 31.5 Å². The summed E-state index contributed by atoms with van der Waals surface area (Å²) >= 11 is 0.889. The molecular weight excluding hydrogens is 471 g/mol. The van der Waals surface area contributed by atoms with E-state index in [4.69, 9.17) is 4.74 Å². The summed E-state index contributed by atoms with van der Waals surface area (Å²) in [6, 6.07) is 11.0. The van der Waals surface area contributed by atoms with Crippen LogP contribution in [0, 0.1) is 19.7 Å². The summed E-state index contributed by atoms with van der Waals surface area (Å²) in [5.74, 6) is -3.34. The van der Waals surface area contributed by atoms with E-state index < -0.39 is 29.5 Å². The molecule has 0 radical (unpaired) electrons. The minimum atomic E-state index is -1.08. The number of aromatic nitrogens is 1. The molecule has 1 unspecified atom stereocenters. The molecule has 0 spiro atoms. The van der Waals surface area contributed by atoms with E-state index in [9.17, 15) is 23.9 Å². The highest BCUT2D eigenvalue weighted by atomic mass is 32.1. The van der Waals surface area contributed by atoms with E-state index in [1.807, 2.05) is 6.92 Å². The molecule has 2 heterocycles. The van der Waals surface area contributed by atoms with Gasteiger partial charge in [0.05, 0.1) is 17.3 Å².